The summed E-state index contributed by atoms with van der Waals surface area (Å²) in [7, 11) is 0. The standard InChI is InChI=1S/C11H12N2/c1-11(2)5-3-9-4-6-12-7-10(9)8-13-11/h3-8H,1-2H3. The molecular weight excluding hydrogens is 160 g/mol. The molecule has 0 amide bonds. The van der Waals surface area contributed by atoms with E-state index in [1.165, 1.54) is 5.56 Å². The lowest BCUT2D eigenvalue weighted by Crippen LogP contribution is -2.11. The fraction of sp³-hybridized carbons (Fsp3) is 0.273. The van der Waals surface area contributed by atoms with Gasteiger partial charge in [-0.3, -0.25) is 9.98 Å². The molecule has 0 fully saturated rings. The molecule has 0 saturated heterocycles. The van der Waals surface area contributed by atoms with E-state index in [-0.39, 0.29) is 5.54 Å². The van der Waals surface area contributed by atoms with Crippen molar-refractivity contribution in [3.8, 4) is 0 Å². The smallest absolute Gasteiger partial charge is 0.0735 e. The van der Waals surface area contributed by atoms with Gasteiger partial charge in [0, 0.05) is 24.2 Å². The van der Waals surface area contributed by atoms with Crippen LogP contribution < -0.4 is 0 Å². The van der Waals surface area contributed by atoms with Crippen LogP contribution in [0, 0.1) is 0 Å². The van der Waals surface area contributed by atoms with E-state index in [1.54, 1.807) is 6.20 Å². The van der Waals surface area contributed by atoms with Crippen LogP contribution in [0.3, 0.4) is 0 Å². The monoisotopic (exact) mass is 172 g/mol. The van der Waals surface area contributed by atoms with E-state index in [2.05, 4.69) is 36.0 Å². The molecule has 2 heterocycles. The summed E-state index contributed by atoms with van der Waals surface area (Å²) < 4.78 is 0. The number of pyridine rings is 1. The third-order valence-electron chi connectivity index (χ3n) is 2.09. The largest absolute Gasteiger partial charge is 0.282 e. The first-order valence-corrected chi connectivity index (χ1v) is 4.36. The van der Waals surface area contributed by atoms with Crippen LogP contribution in [-0.4, -0.2) is 16.7 Å². The second kappa shape index (κ2) is 2.80. The van der Waals surface area contributed by atoms with Gasteiger partial charge in [0.1, 0.15) is 0 Å². The van der Waals surface area contributed by atoms with E-state index in [4.69, 9.17) is 0 Å². The number of rotatable bonds is 0. The van der Waals surface area contributed by atoms with Gasteiger partial charge < -0.3 is 0 Å². The maximum Gasteiger partial charge on any atom is 0.0735 e. The van der Waals surface area contributed by atoms with E-state index in [0.29, 0.717) is 0 Å². The van der Waals surface area contributed by atoms with Gasteiger partial charge in [0.05, 0.1) is 5.54 Å². The molecule has 0 N–H and O–H groups in total. The van der Waals surface area contributed by atoms with Crippen molar-refractivity contribution >= 4 is 12.3 Å². The Morgan fingerprint density at radius 3 is 2.92 bits per heavy atom. The molecule has 0 atom stereocenters. The number of hydrogen-bond acceptors (Lipinski definition) is 2. The van der Waals surface area contributed by atoms with Gasteiger partial charge >= 0.3 is 0 Å². The van der Waals surface area contributed by atoms with Gasteiger partial charge in [-0.15, -0.1) is 0 Å². The number of fused-ring (bicyclic) bond motifs is 1. The molecule has 2 heteroatoms. The van der Waals surface area contributed by atoms with Gasteiger partial charge in [0.25, 0.3) is 0 Å². The molecular formula is C11H12N2. The number of aromatic nitrogens is 1. The summed E-state index contributed by atoms with van der Waals surface area (Å²) >= 11 is 0. The fourth-order valence-corrected chi connectivity index (χ4v) is 1.25. The summed E-state index contributed by atoms with van der Waals surface area (Å²) in [5.74, 6) is 0. The van der Waals surface area contributed by atoms with Crippen LogP contribution in [0.4, 0.5) is 0 Å². The molecule has 0 saturated carbocycles. The highest BCUT2D eigenvalue weighted by atomic mass is 14.8. The summed E-state index contributed by atoms with van der Waals surface area (Å²) in [6.45, 7) is 4.17. The van der Waals surface area contributed by atoms with Gasteiger partial charge in [-0.2, -0.15) is 0 Å². The zero-order valence-electron chi connectivity index (χ0n) is 7.86. The van der Waals surface area contributed by atoms with Crippen LogP contribution in [-0.2, 0) is 0 Å². The Kier molecular flexibility index (Phi) is 1.76. The maximum atomic E-state index is 4.45. The Hall–Kier alpha value is -1.44. The first-order valence-electron chi connectivity index (χ1n) is 4.36. The molecule has 1 aliphatic rings. The molecule has 2 rings (SSSR count). The second-order valence-electron chi connectivity index (χ2n) is 3.75. The predicted molar refractivity (Wildman–Crippen MR) is 54.9 cm³/mol. The summed E-state index contributed by atoms with van der Waals surface area (Å²) in [5, 5.41) is 0. The lowest BCUT2D eigenvalue weighted by molar-refractivity contribution is 0.665. The fourth-order valence-electron chi connectivity index (χ4n) is 1.25. The Morgan fingerprint density at radius 1 is 1.23 bits per heavy atom. The Balaban J connectivity index is 2.53. The Morgan fingerprint density at radius 2 is 2.08 bits per heavy atom. The van der Waals surface area contributed by atoms with Crippen molar-refractivity contribution in [3.63, 3.8) is 0 Å². The van der Waals surface area contributed by atoms with Crippen LogP contribution >= 0.6 is 0 Å². The van der Waals surface area contributed by atoms with E-state index < -0.39 is 0 Å². The summed E-state index contributed by atoms with van der Waals surface area (Å²) in [5.41, 5.74) is 2.17. The number of aliphatic imine (C=N–C) groups is 1. The SMILES string of the molecule is CC1(C)C=Cc2ccncc2C=N1. The van der Waals surface area contributed by atoms with Gasteiger partial charge in [0.15, 0.2) is 0 Å². The average Bonchev–Trinajstić information content (AvgIpc) is 2.27. The molecule has 0 unspecified atom stereocenters. The Bertz CT molecular complexity index is 340. The molecule has 0 aromatic carbocycles. The zero-order chi connectivity index (χ0) is 9.31. The molecule has 13 heavy (non-hydrogen) atoms. The lowest BCUT2D eigenvalue weighted by atomic mass is 10.1. The number of nitrogens with zero attached hydrogens (tertiary/aromatic N) is 2. The molecule has 1 aliphatic heterocycles. The lowest BCUT2D eigenvalue weighted by Gasteiger charge is -2.11. The van der Waals surface area contributed by atoms with Gasteiger partial charge in [-0.1, -0.05) is 12.2 Å². The summed E-state index contributed by atoms with van der Waals surface area (Å²) in [4.78, 5) is 8.51. The third kappa shape index (κ3) is 1.66. The van der Waals surface area contributed by atoms with Crippen molar-refractivity contribution in [1.82, 2.24) is 4.98 Å². The third-order valence-corrected chi connectivity index (χ3v) is 2.09. The predicted octanol–water partition coefficient (Wildman–Crippen LogP) is 2.31. The second-order valence-corrected chi connectivity index (χ2v) is 3.75. The van der Waals surface area contributed by atoms with Crippen molar-refractivity contribution in [2.45, 2.75) is 19.4 Å². The highest BCUT2D eigenvalue weighted by molar-refractivity contribution is 5.86. The van der Waals surface area contributed by atoms with E-state index in [0.717, 1.165) is 5.56 Å². The van der Waals surface area contributed by atoms with Gasteiger partial charge in [-0.25, -0.2) is 0 Å². The van der Waals surface area contributed by atoms with Crippen molar-refractivity contribution in [3.05, 3.63) is 35.7 Å². The van der Waals surface area contributed by atoms with E-state index in [9.17, 15) is 0 Å². The summed E-state index contributed by atoms with van der Waals surface area (Å²) in [6, 6.07) is 2.00. The minimum absolute atomic E-state index is 0.0982. The Labute approximate surface area is 78.0 Å². The van der Waals surface area contributed by atoms with E-state index >= 15 is 0 Å². The topological polar surface area (TPSA) is 25.2 Å². The summed E-state index contributed by atoms with van der Waals surface area (Å²) in [6.07, 6.45) is 9.74. The quantitative estimate of drug-likeness (QED) is 0.589. The molecule has 0 radical (unpaired) electrons. The maximum absolute atomic E-state index is 4.45. The normalized spacial score (nSPS) is 18.0. The molecule has 0 aliphatic carbocycles. The van der Waals surface area contributed by atoms with Crippen molar-refractivity contribution in [2.75, 3.05) is 0 Å². The van der Waals surface area contributed by atoms with Gasteiger partial charge in [0.2, 0.25) is 0 Å². The zero-order valence-corrected chi connectivity index (χ0v) is 7.86. The van der Waals surface area contributed by atoms with E-state index in [1.807, 2.05) is 18.5 Å². The number of hydrogen-bond donors (Lipinski definition) is 0. The highest BCUT2D eigenvalue weighted by Crippen LogP contribution is 2.18. The van der Waals surface area contributed by atoms with Crippen LogP contribution in [0.15, 0.2) is 29.5 Å². The minimum atomic E-state index is -0.0982. The van der Waals surface area contributed by atoms with Crippen molar-refractivity contribution < 1.29 is 0 Å². The van der Waals surface area contributed by atoms with Crippen LogP contribution in [0.5, 0.6) is 0 Å². The van der Waals surface area contributed by atoms with Crippen LogP contribution in [0.25, 0.3) is 6.08 Å². The molecule has 0 spiro atoms. The first-order chi connectivity index (χ1) is 6.17. The van der Waals surface area contributed by atoms with Gasteiger partial charge in [-0.05, 0) is 25.5 Å². The molecule has 0 bridgehead atoms. The average molecular weight is 172 g/mol. The van der Waals surface area contributed by atoms with Crippen LogP contribution in [0.2, 0.25) is 0 Å². The van der Waals surface area contributed by atoms with Crippen molar-refractivity contribution in [2.24, 2.45) is 4.99 Å². The first kappa shape index (κ1) is 8.17. The highest BCUT2D eigenvalue weighted by Gasteiger charge is 2.13. The minimum Gasteiger partial charge on any atom is -0.282 e. The van der Waals surface area contributed by atoms with Crippen molar-refractivity contribution in [1.29, 1.82) is 0 Å². The molecule has 1 aromatic heterocycles. The molecule has 2 nitrogen and oxygen atoms in total. The van der Waals surface area contributed by atoms with Crippen LogP contribution in [0.1, 0.15) is 25.0 Å². The molecule has 1 aromatic rings. The molecule has 66 valence electrons.